The molecular formula is C13H13NO. The Morgan fingerprint density at radius 2 is 2.20 bits per heavy atom. The second-order valence-corrected chi connectivity index (χ2v) is 3.95. The molecule has 1 fully saturated rings. The van der Waals surface area contributed by atoms with Crippen molar-refractivity contribution < 1.29 is 4.74 Å². The van der Waals surface area contributed by atoms with E-state index in [-0.39, 0.29) is 6.10 Å². The number of hydrogen-bond acceptors (Lipinski definition) is 1. The molecule has 0 aliphatic carbocycles. The molecule has 0 spiro atoms. The van der Waals surface area contributed by atoms with Gasteiger partial charge in [-0.3, -0.25) is 0 Å². The van der Waals surface area contributed by atoms with Crippen LogP contribution in [0.15, 0.2) is 42.6 Å². The number of H-pyrrole nitrogens is 1. The lowest BCUT2D eigenvalue weighted by Crippen LogP contribution is -1.95. The number of rotatable bonds is 1. The summed E-state index contributed by atoms with van der Waals surface area (Å²) in [5.41, 5.74) is 3.56. The van der Waals surface area contributed by atoms with E-state index in [4.69, 9.17) is 4.74 Å². The van der Waals surface area contributed by atoms with E-state index in [0.29, 0.717) is 0 Å². The summed E-state index contributed by atoms with van der Waals surface area (Å²) in [5, 5.41) is 1.24. The van der Waals surface area contributed by atoms with Crippen LogP contribution < -0.4 is 0 Å². The van der Waals surface area contributed by atoms with Crippen LogP contribution in [0.1, 0.15) is 18.1 Å². The van der Waals surface area contributed by atoms with Gasteiger partial charge in [-0.1, -0.05) is 24.8 Å². The fourth-order valence-electron chi connectivity index (χ4n) is 2.18. The van der Waals surface area contributed by atoms with E-state index < -0.39 is 0 Å². The van der Waals surface area contributed by atoms with Gasteiger partial charge in [0.2, 0.25) is 0 Å². The van der Waals surface area contributed by atoms with Crippen molar-refractivity contribution in [3.05, 3.63) is 48.2 Å². The second kappa shape index (κ2) is 3.24. The van der Waals surface area contributed by atoms with Crippen molar-refractivity contribution in [2.24, 2.45) is 0 Å². The zero-order chi connectivity index (χ0) is 10.3. The zero-order valence-electron chi connectivity index (χ0n) is 8.49. The minimum Gasteiger partial charge on any atom is -0.369 e. The molecule has 2 nitrogen and oxygen atoms in total. The Morgan fingerprint density at radius 1 is 1.33 bits per heavy atom. The van der Waals surface area contributed by atoms with Crippen molar-refractivity contribution in [2.75, 3.05) is 6.61 Å². The Kier molecular flexibility index (Phi) is 1.89. The van der Waals surface area contributed by atoms with Crippen molar-refractivity contribution in [2.45, 2.75) is 12.5 Å². The van der Waals surface area contributed by atoms with Gasteiger partial charge in [0.05, 0.1) is 6.61 Å². The number of hydrogen-bond donors (Lipinski definition) is 1. The SMILES string of the molecule is C=C1CCOC1c1c[nH]c2ccccc12. The number of ether oxygens (including phenoxy) is 1. The number of benzene rings is 1. The predicted octanol–water partition coefficient (Wildman–Crippen LogP) is 3.19. The first-order chi connectivity index (χ1) is 7.36. The predicted molar refractivity (Wildman–Crippen MR) is 60.7 cm³/mol. The normalized spacial score (nSPS) is 21.3. The van der Waals surface area contributed by atoms with Gasteiger partial charge < -0.3 is 9.72 Å². The molecule has 1 unspecified atom stereocenters. The van der Waals surface area contributed by atoms with Gasteiger partial charge in [-0.2, -0.15) is 0 Å². The number of nitrogens with one attached hydrogen (secondary N) is 1. The molecule has 1 atom stereocenters. The number of para-hydroxylation sites is 1. The molecule has 1 aromatic carbocycles. The first kappa shape index (κ1) is 8.74. The van der Waals surface area contributed by atoms with E-state index in [2.05, 4.69) is 29.8 Å². The molecule has 2 heterocycles. The van der Waals surface area contributed by atoms with Crippen LogP contribution in [0.3, 0.4) is 0 Å². The molecule has 0 saturated carbocycles. The van der Waals surface area contributed by atoms with Crippen LogP contribution in [0.25, 0.3) is 10.9 Å². The van der Waals surface area contributed by atoms with Gasteiger partial charge in [0.25, 0.3) is 0 Å². The van der Waals surface area contributed by atoms with Gasteiger partial charge in [-0.05, 0) is 18.1 Å². The van der Waals surface area contributed by atoms with Crippen LogP contribution in [0, 0.1) is 0 Å². The summed E-state index contributed by atoms with van der Waals surface area (Å²) in [5.74, 6) is 0. The molecule has 0 radical (unpaired) electrons. The van der Waals surface area contributed by atoms with Gasteiger partial charge in [-0.15, -0.1) is 0 Å². The summed E-state index contributed by atoms with van der Waals surface area (Å²) in [6, 6.07) is 8.29. The first-order valence-corrected chi connectivity index (χ1v) is 5.21. The zero-order valence-corrected chi connectivity index (χ0v) is 8.49. The lowest BCUT2D eigenvalue weighted by atomic mass is 10.0. The molecule has 15 heavy (non-hydrogen) atoms. The Labute approximate surface area is 88.6 Å². The molecule has 1 saturated heterocycles. The van der Waals surface area contributed by atoms with Gasteiger partial charge >= 0.3 is 0 Å². The molecule has 1 aliphatic heterocycles. The van der Waals surface area contributed by atoms with Crippen LogP contribution in [-0.2, 0) is 4.74 Å². The van der Waals surface area contributed by atoms with E-state index in [1.54, 1.807) is 0 Å². The number of fused-ring (bicyclic) bond motifs is 1. The fourth-order valence-corrected chi connectivity index (χ4v) is 2.18. The van der Waals surface area contributed by atoms with Crippen molar-refractivity contribution in [3.63, 3.8) is 0 Å². The maximum absolute atomic E-state index is 5.70. The third-order valence-corrected chi connectivity index (χ3v) is 2.98. The highest BCUT2D eigenvalue weighted by molar-refractivity contribution is 5.83. The average molecular weight is 199 g/mol. The maximum Gasteiger partial charge on any atom is 0.105 e. The molecule has 2 heteroatoms. The standard InChI is InChI=1S/C13H13NO/c1-9-6-7-15-13(9)11-8-14-12-5-3-2-4-10(11)12/h2-5,8,13-14H,1,6-7H2. The molecule has 1 N–H and O–H groups in total. The van der Waals surface area contributed by atoms with E-state index >= 15 is 0 Å². The lowest BCUT2D eigenvalue weighted by Gasteiger charge is -2.09. The Bertz CT molecular complexity index is 512. The van der Waals surface area contributed by atoms with E-state index in [1.807, 2.05) is 12.3 Å². The monoisotopic (exact) mass is 199 g/mol. The van der Waals surface area contributed by atoms with Gasteiger partial charge in [0.15, 0.2) is 0 Å². The van der Waals surface area contributed by atoms with Crippen LogP contribution in [0.2, 0.25) is 0 Å². The first-order valence-electron chi connectivity index (χ1n) is 5.21. The molecule has 0 amide bonds. The summed E-state index contributed by atoms with van der Waals surface area (Å²) in [4.78, 5) is 3.26. The average Bonchev–Trinajstić information content (AvgIpc) is 2.83. The summed E-state index contributed by atoms with van der Waals surface area (Å²) in [6.07, 6.45) is 3.09. The van der Waals surface area contributed by atoms with Crippen molar-refractivity contribution in [3.8, 4) is 0 Å². The Morgan fingerprint density at radius 3 is 3.00 bits per heavy atom. The second-order valence-electron chi connectivity index (χ2n) is 3.95. The Hall–Kier alpha value is -1.54. The maximum atomic E-state index is 5.70. The minimum absolute atomic E-state index is 0.0844. The molecular weight excluding hydrogens is 186 g/mol. The van der Waals surface area contributed by atoms with Gasteiger partial charge in [0, 0.05) is 22.7 Å². The molecule has 1 aliphatic rings. The van der Waals surface area contributed by atoms with E-state index in [0.717, 1.165) is 18.5 Å². The summed E-state index contributed by atoms with van der Waals surface area (Å²) < 4.78 is 5.70. The largest absolute Gasteiger partial charge is 0.369 e. The molecule has 3 rings (SSSR count). The fraction of sp³-hybridized carbons (Fsp3) is 0.231. The Balaban J connectivity index is 2.14. The van der Waals surface area contributed by atoms with Gasteiger partial charge in [0.1, 0.15) is 6.10 Å². The summed E-state index contributed by atoms with van der Waals surface area (Å²) in [7, 11) is 0. The topological polar surface area (TPSA) is 25.0 Å². The van der Waals surface area contributed by atoms with Gasteiger partial charge in [-0.25, -0.2) is 0 Å². The highest BCUT2D eigenvalue weighted by Gasteiger charge is 2.23. The third kappa shape index (κ3) is 1.29. The van der Waals surface area contributed by atoms with Crippen molar-refractivity contribution >= 4 is 10.9 Å². The highest BCUT2D eigenvalue weighted by Crippen LogP contribution is 2.36. The van der Waals surface area contributed by atoms with E-state index in [9.17, 15) is 0 Å². The highest BCUT2D eigenvalue weighted by atomic mass is 16.5. The summed E-state index contributed by atoms with van der Waals surface area (Å²) >= 11 is 0. The van der Waals surface area contributed by atoms with Crippen LogP contribution in [0.4, 0.5) is 0 Å². The molecule has 76 valence electrons. The van der Waals surface area contributed by atoms with Crippen LogP contribution in [-0.4, -0.2) is 11.6 Å². The molecule has 2 aromatic rings. The number of aromatic nitrogens is 1. The molecule has 0 bridgehead atoms. The van der Waals surface area contributed by atoms with Crippen molar-refractivity contribution in [1.29, 1.82) is 0 Å². The summed E-state index contributed by atoms with van der Waals surface area (Å²) in [6.45, 7) is 4.85. The quantitative estimate of drug-likeness (QED) is 0.701. The molecule has 1 aromatic heterocycles. The third-order valence-electron chi connectivity index (χ3n) is 2.98. The van der Waals surface area contributed by atoms with Crippen LogP contribution in [0.5, 0.6) is 0 Å². The lowest BCUT2D eigenvalue weighted by molar-refractivity contribution is 0.126. The smallest absolute Gasteiger partial charge is 0.105 e. The van der Waals surface area contributed by atoms with Crippen LogP contribution >= 0.6 is 0 Å². The minimum atomic E-state index is 0.0844. The van der Waals surface area contributed by atoms with E-state index in [1.165, 1.54) is 16.5 Å². The number of aromatic amines is 1. The van der Waals surface area contributed by atoms with Crippen molar-refractivity contribution in [1.82, 2.24) is 4.98 Å².